The van der Waals surface area contributed by atoms with Crippen LogP contribution in [0.5, 0.6) is 0 Å². The molecule has 1 amide bonds. The van der Waals surface area contributed by atoms with Gasteiger partial charge in [-0.25, -0.2) is 0 Å². The number of amides is 1. The first-order chi connectivity index (χ1) is 10.0. The van der Waals surface area contributed by atoms with Crippen molar-refractivity contribution in [1.29, 1.82) is 0 Å². The number of carbonyl (C=O) groups is 3. The van der Waals surface area contributed by atoms with Gasteiger partial charge in [-0.15, -0.1) is 0 Å². The van der Waals surface area contributed by atoms with E-state index < -0.39 is 23.3 Å². The Hall–Kier alpha value is -2.02. The van der Waals surface area contributed by atoms with E-state index in [1.165, 1.54) is 14.0 Å². The molecular formula is C14H17NO5S. The van der Waals surface area contributed by atoms with Gasteiger partial charge in [0.15, 0.2) is 0 Å². The predicted octanol–water partition coefficient (Wildman–Crippen LogP) is 1.10. The highest BCUT2D eigenvalue weighted by Gasteiger charge is 2.23. The Morgan fingerprint density at radius 3 is 2.48 bits per heavy atom. The van der Waals surface area contributed by atoms with Crippen LogP contribution in [0.1, 0.15) is 12.5 Å². The minimum atomic E-state index is -1.08. The zero-order chi connectivity index (χ0) is 15.7. The zero-order valence-electron chi connectivity index (χ0n) is 11.8. The van der Waals surface area contributed by atoms with E-state index in [0.717, 1.165) is 17.3 Å². The number of thioether (sulfide) groups is 1. The number of benzene rings is 1. The van der Waals surface area contributed by atoms with Gasteiger partial charge >= 0.3 is 11.9 Å². The Balaban J connectivity index is 2.53. The summed E-state index contributed by atoms with van der Waals surface area (Å²) in [5, 5.41) is 2.66. The first-order valence-corrected chi connectivity index (χ1v) is 7.25. The van der Waals surface area contributed by atoms with Gasteiger partial charge in [-0.1, -0.05) is 42.1 Å². The lowest BCUT2D eigenvalue weighted by molar-refractivity contribution is -0.148. The summed E-state index contributed by atoms with van der Waals surface area (Å²) in [7, 11) is 1.25. The molecule has 1 atom stereocenters. The van der Waals surface area contributed by atoms with Crippen LogP contribution in [0.25, 0.3) is 0 Å². The molecule has 0 aliphatic heterocycles. The Bertz CT molecular complexity index is 491. The molecule has 0 aliphatic carbocycles. The fraction of sp³-hybridized carbons (Fsp3) is 0.357. The average Bonchev–Trinajstić information content (AvgIpc) is 2.49. The molecule has 6 nitrogen and oxygen atoms in total. The van der Waals surface area contributed by atoms with Gasteiger partial charge in [-0.2, -0.15) is 0 Å². The number of carbonyl (C=O) groups excluding carboxylic acids is 3. The Kier molecular flexibility index (Phi) is 7.31. The molecule has 7 heteroatoms. The minimum Gasteiger partial charge on any atom is -0.468 e. The van der Waals surface area contributed by atoms with E-state index in [1.807, 2.05) is 30.3 Å². The molecule has 0 spiro atoms. The summed E-state index contributed by atoms with van der Waals surface area (Å²) >= 11 is 0.896. The van der Waals surface area contributed by atoms with Gasteiger partial charge in [0.25, 0.3) is 5.91 Å². The largest absolute Gasteiger partial charge is 0.468 e. The standard InChI is InChI=1S/C14H17NO5S/c1-10(16)20-14(21-9-12(17)19-2)13(18)15-8-11-6-4-3-5-7-11/h3-7,14H,8-9H2,1-2H3,(H,15,18)/t14-/m0/s1. The van der Waals surface area contributed by atoms with Crippen LogP contribution in [0, 0.1) is 0 Å². The second kappa shape index (κ2) is 9.02. The molecule has 0 heterocycles. The third-order valence-electron chi connectivity index (χ3n) is 2.38. The molecule has 0 fully saturated rings. The number of methoxy groups -OCH3 is 1. The lowest BCUT2D eigenvalue weighted by Gasteiger charge is -2.15. The highest BCUT2D eigenvalue weighted by molar-refractivity contribution is 8.01. The van der Waals surface area contributed by atoms with Crippen LogP contribution >= 0.6 is 11.8 Å². The number of nitrogens with one attached hydrogen (secondary N) is 1. The highest BCUT2D eigenvalue weighted by Crippen LogP contribution is 2.14. The monoisotopic (exact) mass is 311 g/mol. The average molecular weight is 311 g/mol. The topological polar surface area (TPSA) is 81.7 Å². The van der Waals surface area contributed by atoms with Crippen molar-refractivity contribution in [1.82, 2.24) is 5.32 Å². The van der Waals surface area contributed by atoms with Gasteiger partial charge in [0.2, 0.25) is 5.44 Å². The van der Waals surface area contributed by atoms with Gasteiger partial charge in [0.1, 0.15) is 0 Å². The number of rotatable bonds is 7. The summed E-state index contributed by atoms with van der Waals surface area (Å²) in [5.74, 6) is -1.63. The zero-order valence-corrected chi connectivity index (χ0v) is 12.6. The van der Waals surface area contributed by atoms with Crippen LogP contribution in [0.3, 0.4) is 0 Å². The molecule has 0 aromatic heterocycles. The Morgan fingerprint density at radius 1 is 1.24 bits per heavy atom. The first-order valence-electron chi connectivity index (χ1n) is 6.20. The van der Waals surface area contributed by atoms with Crippen LogP contribution in [-0.2, 0) is 30.4 Å². The van der Waals surface area contributed by atoms with Gasteiger partial charge in [0, 0.05) is 13.5 Å². The third kappa shape index (κ3) is 6.80. The fourth-order valence-electron chi connectivity index (χ4n) is 1.38. The summed E-state index contributed by atoms with van der Waals surface area (Å²) in [6.45, 7) is 1.52. The van der Waals surface area contributed by atoms with Gasteiger partial charge in [0.05, 0.1) is 12.9 Å². The minimum absolute atomic E-state index is 0.0762. The van der Waals surface area contributed by atoms with Crippen LogP contribution < -0.4 is 5.32 Å². The molecule has 0 unspecified atom stereocenters. The lowest BCUT2D eigenvalue weighted by atomic mass is 10.2. The van der Waals surface area contributed by atoms with Crippen molar-refractivity contribution in [2.24, 2.45) is 0 Å². The van der Waals surface area contributed by atoms with Crippen molar-refractivity contribution in [3.8, 4) is 0 Å². The molecule has 21 heavy (non-hydrogen) atoms. The van der Waals surface area contributed by atoms with E-state index in [9.17, 15) is 14.4 Å². The molecule has 0 aliphatic rings. The maximum absolute atomic E-state index is 12.0. The van der Waals surface area contributed by atoms with Crippen molar-refractivity contribution in [2.45, 2.75) is 18.9 Å². The molecule has 0 saturated heterocycles. The number of hydrogen-bond acceptors (Lipinski definition) is 6. The molecule has 1 aromatic carbocycles. The quantitative estimate of drug-likeness (QED) is 0.600. The van der Waals surface area contributed by atoms with Crippen molar-refractivity contribution in [3.63, 3.8) is 0 Å². The molecule has 1 N–H and O–H groups in total. The molecule has 0 saturated carbocycles. The number of esters is 2. The normalized spacial score (nSPS) is 11.3. The van der Waals surface area contributed by atoms with E-state index in [1.54, 1.807) is 0 Å². The molecule has 1 rings (SSSR count). The van der Waals surface area contributed by atoms with E-state index in [2.05, 4.69) is 10.1 Å². The van der Waals surface area contributed by atoms with Gasteiger partial charge < -0.3 is 14.8 Å². The van der Waals surface area contributed by atoms with E-state index in [-0.39, 0.29) is 5.75 Å². The van der Waals surface area contributed by atoms with Crippen molar-refractivity contribution < 1.29 is 23.9 Å². The van der Waals surface area contributed by atoms with Crippen molar-refractivity contribution in [2.75, 3.05) is 12.9 Å². The predicted molar refractivity (Wildman–Crippen MR) is 78.3 cm³/mol. The molecular weight excluding hydrogens is 294 g/mol. The smallest absolute Gasteiger partial charge is 0.315 e. The van der Waals surface area contributed by atoms with Crippen molar-refractivity contribution in [3.05, 3.63) is 35.9 Å². The maximum Gasteiger partial charge on any atom is 0.315 e. The molecule has 1 aromatic rings. The molecule has 0 bridgehead atoms. The summed E-state index contributed by atoms with van der Waals surface area (Å²) in [5.41, 5.74) is -0.157. The van der Waals surface area contributed by atoms with E-state index in [4.69, 9.17) is 4.74 Å². The van der Waals surface area contributed by atoms with Gasteiger partial charge in [-0.05, 0) is 5.56 Å². The van der Waals surface area contributed by atoms with E-state index in [0.29, 0.717) is 6.54 Å². The first kappa shape index (κ1) is 17.0. The SMILES string of the molecule is COC(=O)CS[C@H](OC(C)=O)C(=O)NCc1ccccc1. The fourth-order valence-corrected chi connectivity index (χ4v) is 2.23. The van der Waals surface area contributed by atoms with Crippen molar-refractivity contribution >= 4 is 29.6 Å². The second-order valence-electron chi connectivity index (χ2n) is 4.03. The number of hydrogen-bond donors (Lipinski definition) is 1. The Morgan fingerprint density at radius 2 is 1.90 bits per heavy atom. The summed E-state index contributed by atoms with van der Waals surface area (Å²) in [6.07, 6.45) is 0. The summed E-state index contributed by atoms with van der Waals surface area (Å²) in [6, 6.07) is 9.32. The molecule has 114 valence electrons. The molecule has 0 radical (unpaired) electrons. The Labute approximate surface area is 127 Å². The third-order valence-corrected chi connectivity index (χ3v) is 3.39. The van der Waals surface area contributed by atoms with Crippen LogP contribution in [0.2, 0.25) is 0 Å². The summed E-state index contributed by atoms with van der Waals surface area (Å²) < 4.78 is 9.38. The maximum atomic E-state index is 12.0. The van der Waals surface area contributed by atoms with Gasteiger partial charge in [-0.3, -0.25) is 14.4 Å². The van der Waals surface area contributed by atoms with Crippen LogP contribution in [0.4, 0.5) is 0 Å². The van der Waals surface area contributed by atoms with Crippen LogP contribution in [0.15, 0.2) is 30.3 Å². The lowest BCUT2D eigenvalue weighted by Crippen LogP contribution is -2.35. The number of ether oxygens (including phenoxy) is 2. The van der Waals surface area contributed by atoms with Crippen LogP contribution in [-0.4, -0.2) is 36.1 Å². The summed E-state index contributed by atoms with van der Waals surface area (Å²) in [4.78, 5) is 34.1. The second-order valence-corrected chi connectivity index (χ2v) is 5.08. The van der Waals surface area contributed by atoms with E-state index >= 15 is 0 Å². The highest BCUT2D eigenvalue weighted by atomic mass is 32.2.